The highest BCUT2D eigenvalue weighted by Crippen LogP contribution is 2.69. The van der Waals surface area contributed by atoms with Crippen LogP contribution in [-0.2, 0) is 40.0 Å². The minimum Gasteiger partial charge on any atom is -0.354 e. The highest BCUT2D eigenvalue weighted by Gasteiger charge is 2.74. The molecule has 2 aromatic rings. The van der Waals surface area contributed by atoms with Gasteiger partial charge in [0, 0.05) is 56.5 Å². The van der Waals surface area contributed by atoms with Crippen molar-refractivity contribution < 1.29 is 51.1 Å². The van der Waals surface area contributed by atoms with Crippen LogP contribution in [0.2, 0.25) is 5.02 Å². The number of aromatic nitrogens is 2. The number of benzene rings is 1. The minimum absolute atomic E-state index is 0.0483. The molecule has 388 valence electrons. The van der Waals surface area contributed by atoms with Gasteiger partial charge in [0.05, 0.1) is 6.54 Å². The smallest absolute Gasteiger partial charge is 0.354 e. The van der Waals surface area contributed by atoms with Crippen LogP contribution in [0.5, 0.6) is 0 Å². The van der Waals surface area contributed by atoms with Crippen molar-refractivity contribution in [3.05, 3.63) is 47.5 Å². The van der Waals surface area contributed by atoms with Gasteiger partial charge in [-0.3, -0.25) is 33.6 Å². The largest absolute Gasteiger partial charge is 0.403 e. The molecule has 1 aromatic heterocycles. The molecule has 4 N–H and O–H groups in total. The molecule has 1 spiro atoms. The fourth-order valence-electron chi connectivity index (χ4n) is 11.0. The molecule has 2 aliphatic heterocycles. The molecule has 16 nitrogen and oxygen atoms in total. The van der Waals surface area contributed by atoms with Crippen molar-refractivity contribution in [2.45, 2.75) is 159 Å². The maximum Gasteiger partial charge on any atom is 0.403 e. The third-order valence-electron chi connectivity index (χ3n) is 15.3. The molecule has 5 fully saturated rings. The molecule has 2 saturated heterocycles. The summed E-state index contributed by atoms with van der Waals surface area (Å²) in [5.74, 6) is -6.07. The lowest BCUT2D eigenvalue weighted by Gasteiger charge is -2.60. The van der Waals surface area contributed by atoms with E-state index in [0.717, 1.165) is 6.42 Å². The molecule has 0 bridgehead atoms. The number of carbonyl (C=O) groups is 7. The molecule has 7 amide bonds. The van der Waals surface area contributed by atoms with Gasteiger partial charge in [0.15, 0.2) is 0 Å². The first-order valence-corrected chi connectivity index (χ1v) is 25.0. The average molecular weight is 1020 g/mol. The number of nitrogens with zero attached hydrogens (tertiary/aromatic N) is 5. The highest BCUT2D eigenvalue weighted by atomic mass is 35.5. The Kier molecular flexibility index (Phi) is 15.8. The number of nitrogens with one attached hydrogen (secondary N) is 4. The Bertz CT molecular complexity index is 2360. The predicted octanol–water partition coefficient (Wildman–Crippen LogP) is 5.07. The summed E-state index contributed by atoms with van der Waals surface area (Å²) in [6.45, 7) is 6.23. The predicted molar refractivity (Wildman–Crippen MR) is 253 cm³/mol. The molecule has 5 aliphatic rings. The highest BCUT2D eigenvalue weighted by molar-refractivity contribution is 6.30. The number of alkyl halides is 4. The Hall–Kier alpha value is -5.40. The fraction of sp³-hybridized carbons (Fsp3) is 0.660. The lowest BCUT2D eigenvalue weighted by Crippen LogP contribution is -2.66. The first-order chi connectivity index (χ1) is 33.4. The summed E-state index contributed by atoms with van der Waals surface area (Å²) in [7, 11) is 2.81. The summed E-state index contributed by atoms with van der Waals surface area (Å²) in [5, 5.41) is 11.6. The van der Waals surface area contributed by atoms with E-state index in [4.69, 9.17) is 11.6 Å². The quantitative estimate of drug-likeness (QED) is 0.222. The van der Waals surface area contributed by atoms with E-state index in [1.54, 1.807) is 30.6 Å². The standard InChI is InChI=1S/C50H66ClF4N9O7/c1-28(2)18-35-43(68)63(6)37(20-30-19-32(51)13-14-34(30)31-22-56-27-57-23-31)42(67)61-47(3,4)45(70)58-17-8-7-10-36(40(65)59-35)62(5)44(69)39(29-11-12-29)60-41(66)38-21-33(52)24-64(38)46(71)49(50(53,54)55)25-48(26-49)15-9-16-48/h13-14,19,22-23,27-29,33,35-39H,7-12,15-18,20-21,24-26H2,1-6H3,(H,58,70)(H,59,65)(H,60,66)(H,61,67)/t33-,35+,36+,37+,38+,39+/m1/s1. The zero-order chi connectivity index (χ0) is 51.8. The monoisotopic (exact) mass is 1020 g/mol. The normalized spacial score (nSPS) is 26.4. The maximum absolute atomic E-state index is 15.1. The molecule has 1 aromatic carbocycles. The van der Waals surface area contributed by atoms with E-state index in [1.165, 1.54) is 44.1 Å². The first kappa shape index (κ1) is 53.4. The Morgan fingerprint density at radius 2 is 1.66 bits per heavy atom. The number of likely N-dealkylation sites (tertiary alicyclic amines) is 1. The van der Waals surface area contributed by atoms with Gasteiger partial charge in [-0.15, -0.1) is 0 Å². The number of carbonyl (C=O) groups excluding carboxylic acids is 7. The van der Waals surface area contributed by atoms with Crippen molar-refractivity contribution >= 4 is 53.0 Å². The van der Waals surface area contributed by atoms with Gasteiger partial charge < -0.3 is 36.0 Å². The van der Waals surface area contributed by atoms with Crippen molar-refractivity contribution in [2.75, 3.05) is 27.2 Å². The number of rotatable bonds is 11. The topological polar surface area (TPSA) is 203 Å². The summed E-state index contributed by atoms with van der Waals surface area (Å²) in [6.07, 6.45) is 0.142. The van der Waals surface area contributed by atoms with Gasteiger partial charge in [-0.25, -0.2) is 14.4 Å². The van der Waals surface area contributed by atoms with Crippen LogP contribution >= 0.6 is 11.6 Å². The Morgan fingerprint density at radius 1 is 0.986 bits per heavy atom. The number of hydrogen-bond donors (Lipinski definition) is 4. The van der Waals surface area contributed by atoms with Crippen LogP contribution in [0.3, 0.4) is 0 Å². The molecular formula is C50H66ClF4N9O7. The van der Waals surface area contributed by atoms with E-state index in [2.05, 4.69) is 31.2 Å². The van der Waals surface area contributed by atoms with Crippen LogP contribution in [0.15, 0.2) is 36.9 Å². The number of likely N-dealkylation sites (N-methyl/N-ethyl adjacent to an activating group) is 2. The molecule has 0 unspecified atom stereocenters. The van der Waals surface area contributed by atoms with E-state index in [0.29, 0.717) is 65.1 Å². The zero-order valence-electron chi connectivity index (χ0n) is 41.2. The van der Waals surface area contributed by atoms with Crippen LogP contribution in [0, 0.1) is 22.7 Å². The number of hydrogen-bond acceptors (Lipinski definition) is 9. The fourth-order valence-corrected chi connectivity index (χ4v) is 11.2. The van der Waals surface area contributed by atoms with Crippen LogP contribution in [0.25, 0.3) is 11.1 Å². The van der Waals surface area contributed by atoms with Crippen molar-refractivity contribution in [3.63, 3.8) is 0 Å². The summed E-state index contributed by atoms with van der Waals surface area (Å²) < 4.78 is 59.3. The second-order valence-electron chi connectivity index (χ2n) is 21.5. The van der Waals surface area contributed by atoms with E-state index in [-0.39, 0.29) is 31.7 Å². The molecule has 7 rings (SSSR count). The van der Waals surface area contributed by atoms with Crippen molar-refractivity contribution in [3.8, 4) is 11.1 Å². The van der Waals surface area contributed by atoms with Crippen LogP contribution in [-0.4, -0.2) is 141 Å². The van der Waals surface area contributed by atoms with Gasteiger partial charge >= 0.3 is 6.18 Å². The third kappa shape index (κ3) is 11.5. The third-order valence-corrected chi connectivity index (χ3v) is 15.5. The summed E-state index contributed by atoms with van der Waals surface area (Å²) in [5.41, 5.74) is -2.92. The minimum atomic E-state index is -4.91. The molecule has 0 radical (unpaired) electrons. The van der Waals surface area contributed by atoms with Gasteiger partial charge in [0.2, 0.25) is 41.4 Å². The second-order valence-corrected chi connectivity index (χ2v) is 22.0. The van der Waals surface area contributed by atoms with Gasteiger partial charge in [-0.1, -0.05) is 37.9 Å². The van der Waals surface area contributed by atoms with Crippen LogP contribution < -0.4 is 21.3 Å². The van der Waals surface area contributed by atoms with E-state index >= 15 is 4.39 Å². The average Bonchev–Trinajstić information content (AvgIpc) is 4.04. The lowest BCUT2D eigenvalue weighted by molar-refractivity contribution is -0.285. The van der Waals surface area contributed by atoms with Crippen LogP contribution in [0.4, 0.5) is 17.6 Å². The first-order valence-electron chi connectivity index (χ1n) is 24.7. The van der Waals surface area contributed by atoms with Crippen molar-refractivity contribution in [1.82, 2.24) is 45.9 Å². The SMILES string of the molecule is CC(C)C[C@@H]1NC(=O)[C@@H](N(C)C(=O)[C@@H](NC(=O)[C@@H]2C[C@@H](F)CN2C(=O)C2(C(F)(F)F)CC3(CCC3)C2)C2CC2)CCCCNC(=O)C(C)(C)NC(=O)[C@H](Cc2cc(Cl)ccc2-c2cncnc2)N(C)C1=O. The lowest BCUT2D eigenvalue weighted by atomic mass is 9.44. The molecule has 21 heteroatoms. The Balaban J connectivity index is 1.14. The Labute approximate surface area is 416 Å². The molecule has 3 aliphatic carbocycles. The molecule has 3 heterocycles. The zero-order valence-corrected chi connectivity index (χ0v) is 41.9. The molecular weight excluding hydrogens is 950 g/mol. The maximum atomic E-state index is 15.1. The van der Waals surface area contributed by atoms with Gasteiger partial charge in [-0.05, 0) is 119 Å². The number of halogens is 5. The Morgan fingerprint density at radius 3 is 2.27 bits per heavy atom. The summed E-state index contributed by atoms with van der Waals surface area (Å²) >= 11 is 6.50. The molecule has 6 atom stereocenters. The van der Waals surface area contributed by atoms with Gasteiger partial charge in [-0.2, -0.15) is 13.2 Å². The van der Waals surface area contributed by atoms with Crippen molar-refractivity contribution in [2.24, 2.45) is 22.7 Å². The van der Waals surface area contributed by atoms with E-state index in [9.17, 15) is 46.7 Å². The summed E-state index contributed by atoms with van der Waals surface area (Å²) in [4.78, 5) is 112. The van der Waals surface area contributed by atoms with Crippen LogP contribution in [0.1, 0.15) is 110 Å². The van der Waals surface area contributed by atoms with Gasteiger partial charge in [0.25, 0.3) is 0 Å². The van der Waals surface area contributed by atoms with Gasteiger partial charge in [0.1, 0.15) is 53.7 Å². The second kappa shape index (κ2) is 21.0. The van der Waals surface area contributed by atoms with E-state index < -0.39 is 132 Å². The molecule has 3 saturated carbocycles. The summed E-state index contributed by atoms with van der Waals surface area (Å²) in [6, 6.07) is -1.49. The van der Waals surface area contributed by atoms with Crippen molar-refractivity contribution in [1.29, 1.82) is 0 Å². The van der Waals surface area contributed by atoms with E-state index in [1.807, 2.05) is 13.8 Å². The molecule has 71 heavy (non-hydrogen) atoms. The number of amides is 7.